The van der Waals surface area contributed by atoms with E-state index in [9.17, 15) is 4.79 Å². The van der Waals surface area contributed by atoms with Gasteiger partial charge in [-0.15, -0.1) is 0 Å². The molecule has 1 aliphatic rings. The lowest BCUT2D eigenvalue weighted by molar-refractivity contribution is 0.0927. The number of ether oxygens (including phenoxy) is 2. The molecule has 35 heavy (non-hydrogen) atoms. The van der Waals surface area contributed by atoms with Crippen LogP contribution in [-0.4, -0.2) is 28.7 Å². The summed E-state index contributed by atoms with van der Waals surface area (Å²) in [6, 6.07) is 25.7. The molecule has 1 N–H and O–H groups in total. The highest BCUT2D eigenvalue weighted by molar-refractivity contribution is 6.00. The molecule has 1 unspecified atom stereocenters. The first-order chi connectivity index (χ1) is 17.2. The molecule has 0 spiro atoms. The minimum Gasteiger partial charge on any atom is -0.486 e. The highest BCUT2D eigenvalue weighted by Gasteiger charge is 2.27. The highest BCUT2D eigenvalue weighted by Crippen LogP contribution is 2.37. The van der Waals surface area contributed by atoms with Crippen molar-refractivity contribution in [2.45, 2.75) is 32.9 Å². The van der Waals surface area contributed by atoms with Gasteiger partial charge < -0.3 is 19.4 Å². The summed E-state index contributed by atoms with van der Waals surface area (Å²) in [6.07, 6.45) is 0.779. The number of rotatable bonds is 7. The SMILES string of the molecule is CCC(NC(=O)c1c(-c2ccc3c(c2)OCCO3)nc(-c2ccccc2)n1CC)c1ccccc1. The van der Waals surface area contributed by atoms with Crippen LogP contribution in [0.5, 0.6) is 11.5 Å². The normalized spacial score (nSPS) is 13.3. The predicted molar refractivity (Wildman–Crippen MR) is 137 cm³/mol. The van der Waals surface area contributed by atoms with E-state index in [0.717, 1.165) is 28.9 Å². The van der Waals surface area contributed by atoms with Gasteiger partial charge in [-0.3, -0.25) is 4.79 Å². The van der Waals surface area contributed by atoms with Crippen LogP contribution in [0.4, 0.5) is 0 Å². The Labute approximate surface area is 205 Å². The Morgan fingerprint density at radius 3 is 2.29 bits per heavy atom. The summed E-state index contributed by atoms with van der Waals surface area (Å²) < 4.78 is 13.5. The molecule has 3 aromatic carbocycles. The van der Waals surface area contributed by atoms with Crippen molar-refractivity contribution in [2.75, 3.05) is 13.2 Å². The third-order valence-electron chi connectivity index (χ3n) is 6.26. The number of aromatic nitrogens is 2. The number of nitrogens with one attached hydrogen (secondary N) is 1. The summed E-state index contributed by atoms with van der Waals surface area (Å²) in [7, 11) is 0. The molecule has 0 radical (unpaired) electrons. The molecule has 5 rings (SSSR count). The Morgan fingerprint density at radius 2 is 1.60 bits per heavy atom. The largest absolute Gasteiger partial charge is 0.486 e. The molecule has 4 aromatic rings. The first-order valence-electron chi connectivity index (χ1n) is 12.1. The molecule has 0 fully saturated rings. The van der Waals surface area contributed by atoms with E-state index >= 15 is 0 Å². The number of amides is 1. The summed E-state index contributed by atoms with van der Waals surface area (Å²) >= 11 is 0. The molecular formula is C29H29N3O3. The van der Waals surface area contributed by atoms with Crippen LogP contribution < -0.4 is 14.8 Å². The number of carbonyl (C=O) groups is 1. The van der Waals surface area contributed by atoms with Crippen LogP contribution in [0.15, 0.2) is 78.9 Å². The van der Waals surface area contributed by atoms with Gasteiger partial charge in [-0.05, 0) is 37.1 Å². The molecule has 1 aliphatic heterocycles. The second kappa shape index (κ2) is 10.1. The van der Waals surface area contributed by atoms with Gasteiger partial charge >= 0.3 is 0 Å². The van der Waals surface area contributed by atoms with E-state index in [-0.39, 0.29) is 11.9 Å². The molecule has 2 heterocycles. The van der Waals surface area contributed by atoms with Gasteiger partial charge in [0.15, 0.2) is 11.5 Å². The second-order valence-corrected chi connectivity index (χ2v) is 8.45. The molecule has 0 aliphatic carbocycles. The van der Waals surface area contributed by atoms with E-state index in [4.69, 9.17) is 14.5 Å². The topological polar surface area (TPSA) is 65.4 Å². The second-order valence-electron chi connectivity index (χ2n) is 8.45. The Kier molecular flexibility index (Phi) is 6.53. The van der Waals surface area contributed by atoms with Crippen molar-refractivity contribution in [3.63, 3.8) is 0 Å². The lowest BCUT2D eigenvalue weighted by Gasteiger charge is -2.20. The van der Waals surface area contributed by atoms with E-state index in [0.29, 0.717) is 42.6 Å². The third-order valence-corrected chi connectivity index (χ3v) is 6.26. The molecule has 0 saturated heterocycles. The van der Waals surface area contributed by atoms with E-state index in [1.54, 1.807) is 0 Å². The fraction of sp³-hybridized carbons (Fsp3) is 0.241. The maximum atomic E-state index is 13.9. The summed E-state index contributed by atoms with van der Waals surface area (Å²) in [5, 5.41) is 3.26. The first kappa shape index (κ1) is 22.7. The quantitative estimate of drug-likeness (QED) is 0.368. The summed E-state index contributed by atoms with van der Waals surface area (Å²) in [5.74, 6) is 1.99. The Hall–Kier alpha value is -4.06. The maximum absolute atomic E-state index is 13.9. The zero-order chi connectivity index (χ0) is 24.2. The van der Waals surface area contributed by atoms with Crippen molar-refractivity contribution in [3.8, 4) is 34.1 Å². The monoisotopic (exact) mass is 467 g/mol. The standard InChI is InChI=1S/C29H29N3O3/c1-3-23(20-11-7-5-8-12-20)30-29(33)27-26(22-15-16-24-25(19-22)35-18-17-34-24)31-28(32(27)4-2)21-13-9-6-10-14-21/h5-16,19,23H,3-4,17-18H2,1-2H3,(H,30,33). The van der Waals surface area contributed by atoms with E-state index in [2.05, 4.69) is 12.2 Å². The van der Waals surface area contributed by atoms with Crippen molar-refractivity contribution >= 4 is 5.91 Å². The number of carbonyl (C=O) groups excluding carboxylic acids is 1. The van der Waals surface area contributed by atoms with Crippen molar-refractivity contribution in [1.82, 2.24) is 14.9 Å². The summed E-state index contributed by atoms with van der Waals surface area (Å²) in [5.41, 5.74) is 4.02. The van der Waals surface area contributed by atoms with Crippen LogP contribution in [0.2, 0.25) is 0 Å². The van der Waals surface area contributed by atoms with E-state index in [1.165, 1.54) is 0 Å². The van der Waals surface area contributed by atoms with Crippen LogP contribution in [-0.2, 0) is 6.54 Å². The van der Waals surface area contributed by atoms with Crippen LogP contribution in [0, 0.1) is 0 Å². The molecule has 0 bridgehead atoms. The Bertz CT molecular complexity index is 1320. The lowest BCUT2D eigenvalue weighted by Crippen LogP contribution is -2.30. The van der Waals surface area contributed by atoms with E-state index in [1.807, 2.05) is 90.4 Å². The average molecular weight is 468 g/mol. The number of nitrogens with zero attached hydrogens (tertiary/aromatic N) is 2. The van der Waals surface area contributed by atoms with Gasteiger partial charge in [-0.25, -0.2) is 4.98 Å². The van der Waals surface area contributed by atoms with Crippen molar-refractivity contribution < 1.29 is 14.3 Å². The van der Waals surface area contributed by atoms with Crippen LogP contribution in [0.3, 0.4) is 0 Å². The maximum Gasteiger partial charge on any atom is 0.270 e. The predicted octanol–water partition coefficient (Wildman–Crippen LogP) is 5.89. The Morgan fingerprint density at radius 1 is 0.914 bits per heavy atom. The molecular weight excluding hydrogens is 438 g/mol. The minimum absolute atomic E-state index is 0.0998. The smallest absolute Gasteiger partial charge is 0.270 e. The van der Waals surface area contributed by atoms with Gasteiger partial charge in [0.05, 0.1) is 6.04 Å². The average Bonchev–Trinajstić information content (AvgIpc) is 3.32. The van der Waals surface area contributed by atoms with Gasteiger partial charge in [-0.2, -0.15) is 0 Å². The fourth-order valence-corrected chi connectivity index (χ4v) is 4.52. The van der Waals surface area contributed by atoms with Crippen LogP contribution in [0.25, 0.3) is 22.6 Å². The Balaban J connectivity index is 1.62. The minimum atomic E-state index is -0.151. The molecule has 0 saturated carbocycles. The summed E-state index contributed by atoms with van der Waals surface area (Å²) in [6.45, 7) is 5.74. The van der Waals surface area contributed by atoms with Gasteiger partial charge in [0, 0.05) is 17.7 Å². The fourth-order valence-electron chi connectivity index (χ4n) is 4.52. The van der Waals surface area contributed by atoms with Gasteiger partial charge in [-0.1, -0.05) is 67.6 Å². The first-order valence-corrected chi connectivity index (χ1v) is 12.1. The molecule has 1 aromatic heterocycles. The van der Waals surface area contributed by atoms with Crippen LogP contribution in [0.1, 0.15) is 42.4 Å². The van der Waals surface area contributed by atoms with Crippen molar-refractivity contribution in [3.05, 3.63) is 90.1 Å². The van der Waals surface area contributed by atoms with E-state index < -0.39 is 0 Å². The summed E-state index contributed by atoms with van der Waals surface area (Å²) in [4.78, 5) is 18.9. The number of hydrogen-bond donors (Lipinski definition) is 1. The third kappa shape index (κ3) is 4.52. The van der Waals surface area contributed by atoms with Gasteiger partial charge in [0.25, 0.3) is 5.91 Å². The van der Waals surface area contributed by atoms with Crippen LogP contribution >= 0.6 is 0 Å². The van der Waals surface area contributed by atoms with Gasteiger partial charge in [0.2, 0.25) is 0 Å². The molecule has 1 amide bonds. The lowest BCUT2D eigenvalue weighted by atomic mass is 10.0. The van der Waals surface area contributed by atoms with Gasteiger partial charge in [0.1, 0.15) is 30.4 Å². The van der Waals surface area contributed by atoms with Crippen molar-refractivity contribution in [1.29, 1.82) is 0 Å². The van der Waals surface area contributed by atoms with Crippen molar-refractivity contribution in [2.24, 2.45) is 0 Å². The zero-order valence-corrected chi connectivity index (χ0v) is 20.0. The number of imidazole rings is 1. The molecule has 6 heteroatoms. The highest BCUT2D eigenvalue weighted by atomic mass is 16.6. The molecule has 6 nitrogen and oxygen atoms in total. The number of benzene rings is 3. The number of fused-ring (bicyclic) bond motifs is 1. The molecule has 1 atom stereocenters. The number of hydrogen-bond acceptors (Lipinski definition) is 4. The molecule has 178 valence electrons. The zero-order valence-electron chi connectivity index (χ0n) is 20.0.